The van der Waals surface area contributed by atoms with Crippen molar-refractivity contribution in [3.8, 4) is 28.4 Å². The van der Waals surface area contributed by atoms with Gasteiger partial charge >= 0.3 is 0 Å². The standard InChI is InChI=1S/C42H51ClO3/c1-4-7-10-17-26-44-39-30-38(42(46-28-19-12-9-6-3)35-22-15-13-20-32(35)39)40-33-21-14-16-23-36(33)41(45-27-18-11-8-5-2)37-29-31(43)24-25-34(37)40/h13-16,20-25,29-30H,4-12,17-19,26-28H2,1-3H3. The summed E-state index contributed by atoms with van der Waals surface area (Å²) >= 11 is 6.68. The first-order valence-electron chi connectivity index (χ1n) is 17.8. The fourth-order valence-electron chi connectivity index (χ4n) is 6.45. The van der Waals surface area contributed by atoms with Crippen LogP contribution in [-0.2, 0) is 0 Å². The number of halogens is 1. The van der Waals surface area contributed by atoms with Crippen LogP contribution < -0.4 is 14.2 Å². The molecule has 0 N–H and O–H groups in total. The number of hydrogen-bond donors (Lipinski definition) is 0. The summed E-state index contributed by atoms with van der Waals surface area (Å²) < 4.78 is 20.0. The van der Waals surface area contributed by atoms with Crippen LogP contribution in [0.4, 0.5) is 0 Å². The fourth-order valence-corrected chi connectivity index (χ4v) is 6.62. The molecule has 0 heterocycles. The first-order valence-corrected chi connectivity index (χ1v) is 18.1. The summed E-state index contributed by atoms with van der Waals surface area (Å²) in [5.41, 5.74) is 2.18. The van der Waals surface area contributed by atoms with Crippen molar-refractivity contribution >= 4 is 43.9 Å². The van der Waals surface area contributed by atoms with Crippen LogP contribution in [0.25, 0.3) is 43.4 Å². The SMILES string of the molecule is CCCCCCOc1cc(-c2c3ccccc3c(OCCCCCC)c3cc(Cl)ccc23)c(OCCCCCC)c2ccccc12. The van der Waals surface area contributed by atoms with Gasteiger partial charge in [0.15, 0.2) is 0 Å². The Bertz CT molecular complexity index is 1710. The van der Waals surface area contributed by atoms with Gasteiger partial charge in [-0.15, -0.1) is 0 Å². The second-order valence-corrected chi connectivity index (χ2v) is 12.9. The lowest BCUT2D eigenvalue weighted by Gasteiger charge is -2.22. The van der Waals surface area contributed by atoms with E-state index in [9.17, 15) is 0 Å². The van der Waals surface area contributed by atoms with Gasteiger partial charge in [-0.2, -0.15) is 0 Å². The van der Waals surface area contributed by atoms with Crippen molar-refractivity contribution in [3.63, 3.8) is 0 Å². The van der Waals surface area contributed by atoms with E-state index in [1.807, 2.05) is 6.07 Å². The molecule has 5 rings (SSSR count). The van der Waals surface area contributed by atoms with E-state index in [1.54, 1.807) is 0 Å². The Kier molecular flexibility index (Phi) is 12.9. The van der Waals surface area contributed by atoms with E-state index in [4.69, 9.17) is 25.8 Å². The molecule has 5 aromatic rings. The minimum Gasteiger partial charge on any atom is -0.493 e. The maximum absolute atomic E-state index is 6.81. The third-order valence-corrected chi connectivity index (χ3v) is 9.14. The normalized spacial score (nSPS) is 11.5. The van der Waals surface area contributed by atoms with Gasteiger partial charge in [0.1, 0.15) is 17.2 Å². The topological polar surface area (TPSA) is 27.7 Å². The summed E-state index contributed by atoms with van der Waals surface area (Å²) in [7, 11) is 0. The Morgan fingerprint density at radius 2 is 0.957 bits per heavy atom. The minimum absolute atomic E-state index is 0.675. The zero-order valence-electron chi connectivity index (χ0n) is 28.1. The predicted molar refractivity (Wildman–Crippen MR) is 198 cm³/mol. The summed E-state index contributed by atoms with van der Waals surface area (Å²) in [4.78, 5) is 0. The zero-order valence-corrected chi connectivity index (χ0v) is 28.9. The average Bonchev–Trinajstić information content (AvgIpc) is 3.08. The lowest BCUT2D eigenvalue weighted by molar-refractivity contribution is 0.303. The molecule has 0 fully saturated rings. The van der Waals surface area contributed by atoms with E-state index >= 15 is 0 Å². The highest BCUT2D eigenvalue weighted by Gasteiger charge is 2.23. The predicted octanol–water partition coefficient (Wildman–Crippen LogP) is 13.3. The quantitative estimate of drug-likeness (QED) is 0.0665. The molecular formula is C42H51ClO3. The molecule has 5 aromatic carbocycles. The highest BCUT2D eigenvalue weighted by atomic mass is 35.5. The zero-order chi connectivity index (χ0) is 32.1. The van der Waals surface area contributed by atoms with E-state index in [0.29, 0.717) is 24.8 Å². The molecule has 0 atom stereocenters. The Morgan fingerprint density at radius 1 is 0.457 bits per heavy atom. The second-order valence-electron chi connectivity index (χ2n) is 12.5. The Hall–Kier alpha value is -3.43. The molecular weight excluding hydrogens is 588 g/mol. The molecule has 0 radical (unpaired) electrons. The molecule has 0 unspecified atom stereocenters. The number of benzene rings is 5. The third-order valence-electron chi connectivity index (χ3n) is 8.91. The molecule has 0 bridgehead atoms. The molecule has 0 aromatic heterocycles. The summed E-state index contributed by atoms with van der Waals surface area (Å²) in [6, 6.07) is 25.6. The maximum atomic E-state index is 6.81. The largest absolute Gasteiger partial charge is 0.493 e. The molecule has 0 aliphatic heterocycles. The van der Waals surface area contributed by atoms with E-state index in [1.165, 1.54) is 51.4 Å². The van der Waals surface area contributed by atoms with Gasteiger partial charge < -0.3 is 14.2 Å². The van der Waals surface area contributed by atoms with Gasteiger partial charge in [-0.05, 0) is 48.2 Å². The number of rotatable bonds is 19. The fraction of sp³-hybridized carbons (Fsp3) is 0.429. The van der Waals surface area contributed by atoms with Crippen LogP contribution in [-0.4, -0.2) is 19.8 Å². The highest BCUT2D eigenvalue weighted by molar-refractivity contribution is 6.32. The van der Waals surface area contributed by atoms with Crippen LogP contribution in [0.3, 0.4) is 0 Å². The van der Waals surface area contributed by atoms with Crippen molar-refractivity contribution in [3.05, 3.63) is 77.8 Å². The van der Waals surface area contributed by atoms with Gasteiger partial charge in [-0.3, -0.25) is 0 Å². The lowest BCUT2D eigenvalue weighted by Crippen LogP contribution is -2.04. The number of unbranched alkanes of at least 4 members (excludes halogenated alkanes) is 9. The van der Waals surface area contributed by atoms with Crippen LogP contribution in [0.2, 0.25) is 5.02 Å². The molecule has 0 spiro atoms. The third kappa shape index (κ3) is 8.10. The highest BCUT2D eigenvalue weighted by Crippen LogP contribution is 2.50. The van der Waals surface area contributed by atoms with Crippen LogP contribution in [0.15, 0.2) is 72.8 Å². The van der Waals surface area contributed by atoms with E-state index in [-0.39, 0.29) is 0 Å². The first kappa shape index (κ1) is 33.9. The van der Waals surface area contributed by atoms with Crippen LogP contribution in [0, 0.1) is 0 Å². The monoisotopic (exact) mass is 638 g/mol. The van der Waals surface area contributed by atoms with Crippen LogP contribution >= 0.6 is 11.6 Å². The molecule has 3 nitrogen and oxygen atoms in total. The van der Waals surface area contributed by atoms with Crippen molar-refractivity contribution in [1.29, 1.82) is 0 Å². The lowest BCUT2D eigenvalue weighted by atomic mass is 9.89. The van der Waals surface area contributed by atoms with Gasteiger partial charge in [-0.1, -0.05) is 145 Å². The molecule has 0 amide bonds. The number of fused-ring (bicyclic) bond motifs is 3. The van der Waals surface area contributed by atoms with Gasteiger partial charge in [0.2, 0.25) is 0 Å². The Balaban J connectivity index is 1.71. The molecule has 0 aliphatic rings. The minimum atomic E-state index is 0.675. The summed E-state index contributed by atoms with van der Waals surface area (Å²) in [6.07, 6.45) is 13.9. The smallest absolute Gasteiger partial charge is 0.135 e. The molecule has 0 aliphatic carbocycles. The van der Waals surface area contributed by atoms with Crippen molar-refractivity contribution in [2.24, 2.45) is 0 Å². The summed E-state index contributed by atoms with van der Waals surface area (Å²) in [6.45, 7) is 8.78. The van der Waals surface area contributed by atoms with Gasteiger partial charge in [0, 0.05) is 37.7 Å². The van der Waals surface area contributed by atoms with Crippen LogP contribution in [0.1, 0.15) is 97.8 Å². The summed E-state index contributed by atoms with van der Waals surface area (Å²) in [5, 5.41) is 7.24. The second kappa shape index (κ2) is 17.5. The van der Waals surface area contributed by atoms with Gasteiger partial charge in [-0.25, -0.2) is 0 Å². The maximum Gasteiger partial charge on any atom is 0.135 e. The molecule has 0 saturated heterocycles. The molecule has 244 valence electrons. The van der Waals surface area contributed by atoms with Crippen molar-refractivity contribution in [2.45, 2.75) is 97.8 Å². The first-order chi connectivity index (χ1) is 22.7. The summed E-state index contributed by atoms with van der Waals surface area (Å²) in [5.74, 6) is 2.73. The van der Waals surface area contributed by atoms with Crippen molar-refractivity contribution in [1.82, 2.24) is 0 Å². The van der Waals surface area contributed by atoms with E-state index in [2.05, 4.69) is 87.5 Å². The van der Waals surface area contributed by atoms with E-state index in [0.717, 1.165) is 86.4 Å². The number of hydrogen-bond acceptors (Lipinski definition) is 3. The van der Waals surface area contributed by atoms with Gasteiger partial charge in [0.25, 0.3) is 0 Å². The Labute approximate surface area is 281 Å². The molecule has 0 saturated carbocycles. The van der Waals surface area contributed by atoms with E-state index < -0.39 is 0 Å². The molecule has 4 heteroatoms. The average molecular weight is 639 g/mol. The van der Waals surface area contributed by atoms with Crippen LogP contribution in [0.5, 0.6) is 17.2 Å². The van der Waals surface area contributed by atoms with Crippen molar-refractivity contribution < 1.29 is 14.2 Å². The Morgan fingerprint density at radius 3 is 1.57 bits per heavy atom. The number of ether oxygens (including phenoxy) is 3. The van der Waals surface area contributed by atoms with Gasteiger partial charge in [0.05, 0.1) is 19.8 Å². The molecule has 46 heavy (non-hydrogen) atoms. The van der Waals surface area contributed by atoms with Crippen molar-refractivity contribution in [2.75, 3.05) is 19.8 Å².